The molecule has 3 rings (SSSR count). The molecule has 7 heteroatoms. The van der Waals surface area contributed by atoms with E-state index in [1.54, 1.807) is 49.4 Å². The minimum atomic E-state index is -0.334. The summed E-state index contributed by atoms with van der Waals surface area (Å²) in [7, 11) is 0. The van der Waals surface area contributed by atoms with E-state index in [9.17, 15) is 14.4 Å². The van der Waals surface area contributed by atoms with E-state index < -0.39 is 0 Å². The van der Waals surface area contributed by atoms with Gasteiger partial charge in [-0.25, -0.2) is 4.98 Å². The van der Waals surface area contributed by atoms with Crippen LogP contribution < -0.4 is 16.2 Å². The van der Waals surface area contributed by atoms with Crippen LogP contribution in [0, 0.1) is 6.92 Å². The van der Waals surface area contributed by atoms with Gasteiger partial charge in [0.1, 0.15) is 12.4 Å². The Morgan fingerprint density at radius 2 is 1.62 bits per heavy atom. The monoisotopic (exact) mass is 350 g/mol. The van der Waals surface area contributed by atoms with Crippen LogP contribution in [0.3, 0.4) is 0 Å². The Morgan fingerprint density at radius 1 is 1.00 bits per heavy atom. The molecule has 0 aliphatic heterocycles. The second-order valence-corrected chi connectivity index (χ2v) is 5.87. The first kappa shape index (κ1) is 17.3. The van der Waals surface area contributed by atoms with Gasteiger partial charge >= 0.3 is 0 Å². The van der Waals surface area contributed by atoms with Gasteiger partial charge in [0.05, 0.1) is 10.9 Å². The van der Waals surface area contributed by atoms with Crippen LogP contribution in [0.15, 0.2) is 53.3 Å². The van der Waals surface area contributed by atoms with Crippen molar-refractivity contribution in [2.45, 2.75) is 20.4 Å². The number of para-hydroxylation sites is 1. The number of fused-ring (bicyclic) bond motifs is 1. The summed E-state index contributed by atoms with van der Waals surface area (Å²) in [6.07, 6.45) is 0. The summed E-state index contributed by atoms with van der Waals surface area (Å²) in [5.74, 6) is -0.0233. The van der Waals surface area contributed by atoms with E-state index in [4.69, 9.17) is 0 Å². The molecule has 0 saturated carbocycles. The summed E-state index contributed by atoms with van der Waals surface area (Å²) in [4.78, 5) is 40.3. The van der Waals surface area contributed by atoms with Crippen LogP contribution in [-0.4, -0.2) is 21.4 Å². The maximum Gasteiger partial charge on any atom is 0.261 e. The lowest BCUT2D eigenvalue weighted by Crippen LogP contribution is -2.30. The lowest BCUT2D eigenvalue weighted by atomic mass is 10.2. The first-order chi connectivity index (χ1) is 12.4. The summed E-state index contributed by atoms with van der Waals surface area (Å²) in [5, 5.41) is 5.86. The summed E-state index contributed by atoms with van der Waals surface area (Å²) in [6.45, 7) is 2.99. The average molecular weight is 350 g/mol. The van der Waals surface area contributed by atoms with Crippen molar-refractivity contribution in [3.8, 4) is 0 Å². The lowest BCUT2D eigenvalue weighted by molar-refractivity contribution is -0.117. The molecule has 132 valence electrons. The molecular formula is C19H18N4O3. The number of hydrogen-bond donors (Lipinski definition) is 2. The van der Waals surface area contributed by atoms with Gasteiger partial charge in [0.2, 0.25) is 11.8 Å². The van der Waals surface area contributed by atoms with Gasteiger partial charge in [-0.05, 0) is 43.3 Å². The highest BCUT2D eigenvalue weighted by Gasteiger charge is 2.11. The predicted molar refractivity (Wildman–Crippen MR) is 100 cm³/mol. The third-order valence-corrected chi connectivity index (χ3v) is 3.84. The molecule has 2 amide bonds. The molecule has 0 aliphatic carbocycles. The summed E-state index contributed by atoms with van der Waals surface area (Å²) >= 11 is 0. The van der Waals surface area contributed by atoms with E-state index in [2.05, 4.69) is 15.6 Å². The summed E-state index contributed by atoms with van der Waals surface area (Å²) < 4.78 is 1.35. The maximum absolute atomic E-state index is 12.6. The van der Waals surface area contributed by atoms with Gasteiger partial charge in [-0.15, -0.1) is 0 Å². The zero-order valence-corrected chi connectivity index (χ0v) is 14.4. The van der Waals surface area contributed by atoms with Crippen molar-refractivity contribution in [2.24, 2.45) is 0 Å². The molecule has 0 aliphatic rings. The number of anilines is 2. The number of nitrogens with zero attached hydrogens (tertiary/aromatic N) is 2. The van der Waals surface area contributed by atoms with E-state index in [-0.39, 0.29) is 23.9 Å². The highest BCUT2D eigenvalue weighted by atomic mass is 16.2. The van der Waals surface area contributed by atoms with Gasteiger partial charge in [-0.1, -0.05) is 12.1 Å². The molecule has 0 bridgehead atoms. The number of aromatic nitrogens is 2. The Labute approximate surface area is 149 Å². The van der Waals surface area contributed by atoms with Gasteiger partial charge < -0.3 is 10.6 Å². The van der Waals surface area contributed by atoms with E-state index in [1.165, 1.54) is 11.5 Å². The first-order valence-corrected chi connectivity index (χ1v) is 8.08. The number of hydrogen-bond acceptors (Lipinski definition) is 4. The fourth-order valence-corrected chi connectivity index (χ4v) is 2.65. The molecule has 2 aromatic carbocycles. The van der Waals surface area contributed by atoms with E-state index in [0.29, 0.717) is 28.1 Å². The van der Waals surface area contributed by atoms with E-state index >= 15 is 0 Å². The van der Waals surface area contributed by atoms with Crippen LogP contribution in [-0.2, 0) is 16.1 Å². The van der Waals surface area contributed by atoms with Crippen LogP contribution in [0.2, 0.25) is 0 Å². The SMILES string of the molecule is CC(=O)Nc1ccc(NC(=O)Cn2c(C)nc3ccccc3c2=O)cc1. The largest absolute Gasteiger partial charge is 0.326 e. The standard InChI is InChI=1S/C19H18N4O3/c1-12-20-17-6-4-3-5-16(17)19(26)23(12)11-18(25)22-15-9-7-14(8-10-15)21-13(2)24/h3-10H,11H2,1-2H3,(H,21,24)(H,22,25). The number of rotatable bonds is 4. The minimum absolute atomic E-state index is 0.129. The molecule has 7 nitrogen and oxygen atoms in total. The Hall–Kier alpha value is -3.48. The molecule has 3 aromatic rings. The topological polar surface area (TPSA) is 93.1 Å². The van der Waals surface area contributed by atoms with Crippen LogP contribution >= 0.6 is 0 Å². The van der Waals surface area contributed by atoms with Crippen molar-refractivity contribution in [3.63, 3.8) is 0 Å². The number of amides is 2. The van der Waals surface area contributed by atoms with E-state index in [0.717, 1.165) is 0 Å². The molecule has 0 atom stereocenters. The minimum Gasteiger partial charge on any atom is -0.326 e. The number of nitrogens with one attached hydrogen (secondary N) is 2. The smallest absolute Gasteiger partial charge is 0.261 e. The van der Waals surface area contributed by atoms with Crippen LogP contribution in [0.5, 0.6) is 0 Å². The fourth-order valence-electron chi connectivity index (χ4n) is 2.65. The molecule has 2 N–H and O–H groups in total. The Morgan fingerprint density at radius 3 is 2.27 bits per heavy atom. The fraction of sp³-hybridized carbons (Fsp3) is 0.158. The number of carbonyl (C=O) groups excluding carboxylic acids is 2. The second kappa shape index (κ2) is 7.18. The lowest BCUT2D eigenvalue weighted by Gasteiger charge is -2.11. The third kappa shape index (κ3) is 3.77. The highest BCUT2D eigenvalue weighted by Crippen LogP contribution is 2.14. The van der Waals surface area contributed by atoms with Crippen molar-refractivity contribution in [2.75, 3.05) is 10.6 Å². The zero-order valence-electron chi connectivity index (χ0n) is 14.4. The van der Waals surface area contributed by atoms with Crippen molar-refractivity contribution in [3.05, 3.63) is 64.7 Å². The maximum atomic E-state index is 12.6. The third-order valence-electron chi connectivity index (χ3n) is 3.84. The molecule has 26 heavy (non-hydrogen) atoms. The molecular weight excluding hydrogens is 332 g/mol. The van der Waals surface area contributed by atoms with Crippen molar-refractivity contribution >= 4 is 34.1 Å². The van der Waals surface area contributed by atoms with Crippen LogP contribution in [0.4, 0.5) is 11.4 Å². The average Bonchev–Trinajstić information content (AvgIpc) is 2.60. The van der Waals surface area contributed by atoms with Gasteiger partial charge in [-0.3, -0.25) is 19.0 Å². The van der Waals surface area contributed by atoms with Crippen molar-refractivity contribution in [1.82, 2.24) is 9.55 Å². The van der Waals surface area contributed by atoms with E-state index in [1.807, 2.05) is 6.07 Å². The molecule has 0 spiro atoms. The molecule has 0 fully saturated rings. The Bertz CT molecular complexity index is 1040. The molecule has 0 saturated heterocycles. The van der Waals surface area contributed by atoms with Crippen LogP contribution in [0.1, 0.15) is 12.7 Å². The summed E-state index contributed by atoms with van der Waals surface area (Å²) in [5.41, 5.74) is 1.58. The predicted octanol–water partition coefficient (Wildman–Crippen LogP) is 2.30. The first-order valence-electron chi connectivity index (χ1n) is 8.08. The zero-order chi connectivity index (χ0) is 18.7. The molecule has 0 unspecified atom stereocenters. The normalized spacial score (nSPS) is 10.5. The molecule has 0 radical (unpaired) electrons. The summed E-state index contributed by atoms with van der Waals surface area (Å²) in [6, 6.07) is 13.8. The van der Waals surface area contributed by atoms with Crippen molar-refractivity contribution in [1.29, 1.82) is 0 Å². The Balaban J connectivity index is 1.77. The van der Waals surface area contributed by atoms with Crippen LogP contribution in [0.25, 0.3) is 10.9 Å². The number of carbonyl (C=O) groups is 2. The van der Waals surface area contributed by atoms with Gasteiger partial charge in [-0.2, -0.15) is 0 Å². The second-order valence-electron chi connectivity index (χ2n) is 5.87. The van der Waals surface area contributed by atoms with Gasteiger partial charge in [0.25, 0.3) is 5.56 Å². The molecule has 1 heterocycles. The van der Waals surface area contributed by atoms with Gasteiger partial charge in [0.15, 0.2) is 0 Å². The van der Waals surface area contributed by atoms with Gasteiger partial charge in [0, 0.05) is 18.3 Å². The van der Waals surface area contributed by atoms with Crippen molar-refractivity contribution < 1.29 is 9.59 Å². The molecule has 1 aromatic heterocycles. The highest BCUT2D eigenvalue weighted by molar-refractivity contribution is 5.92. The number of aryl methyl sites for hydroxylation is 1. The Kier molecular flexibility index (Phi) is 4.79. The number of benzene rings is 2. The quantitative estimate of drug-likeness (QED) is 0.755.